The van der Waals surface area contributed by atoms with Gasteiger partial charge in [-0.3, -0.25) is 0 Å². The Morgan fingerprint density at radius 3 is 2.46 bits per heavy atom. The van der Waals surface area contributed by atoms with Crippen LogP contribution in [0.4, 0.5) is 0 Å². The summed E-state index contributed by atoms with van der Waals surface area (Å²) >= 11 is 0. The van der Waals surface area contributed by atoms with Crippen molar-refractivity contribution in [2.75, 3.05) is 12.3 Å². The van der Waals surface area contributed by atoms with E-state index < -0.39 is 10.0 Å². The summed E-state index contributed by atoms with van der Waals surface area (Å²) in [6.45, 7) is 6.21. The van der Waals surface area contributed by atoms with Crippen LogP contribution in [-0.4, -0.2) is 20.7 Å². The average Bonchev–Trinajstić information content (AvgIpc) is 1.95. The third kappa shape index (κ3) is 7.99. The van der Waals surface area contributed by atoms with Gasteiger partial charge in [-0.05, 0) is 19.3 Å². The van der Waals surface area contributed by atoms with Gasteiger partial charge >= 0.3 is 0 Å². The number of sulfonamides is 1. The van der Waals surface area contributed by atoms with Crippen molar-refractivity contribution in [3.05, 3.63) is 12.2 Å². The SMILES string of the molecule is C/C=C/CCNS(=O)(=O)CC(C)C. The summed E-state index contributed by atoms with van der Waals surface area (Å²) in [5.74, 6) is 0.391. The fraction of sp³-hybridized carbons (Fsp3) is 0.778. The van der Waals surface area contributed by atoms with E-state index in [4.69, 9.17) is 0 Å². The van der Waals surface area contributed by atoms with Crippen molar-refractivity contribution in [3.8, 4) is 0 Å². The van der Waals surface area contributed by atoms with Crippen LogP contribution in [0.3, 0.4) is 0 Å². The monoisotopic (exact) mass is 205 g/mol. The van der Waals surface area contributed by atoms with Gasteiger partial charge in [-0.15, -0.1) is 0 Å². The van der Waals surface area contributed by atoms with Crippen LogP contribution in [0.15, 0.2) is 12.2 Å². The van der Waals surface area contributed by atoms with Crippen molar-refractivity contribution in [1.82, 2.24) is 4.72 Å². The highest BCUT2D eigenvalue weighted by molar-refractivity contribution is 7.89. The molecule has 0 amide bonds. The molecule has 0 heterocycles. The predicted molar refractivity (Wildman–Crippen MR) is 56.1 cm³/mol. The van der Waals surface area contributed by atoms with Crippen LogP contribution in [0.2, 0.25) is 0 Å². The molecule has 13 heavy (non-hydrogen) atoms. The molecule has 0 aromatic heterocycles. The molecule has 0 saturated heterocycles. The molecule has 0 aliphatic carbocycles. The van der Waals surface area contributed by atoms with Gasteiger partial charge in [0.1, 0.15) is 0 Å². The van der Waals surface area contributed by atoms with E-state index in [0.29, 0.717) is 6.54 Å². The summed E-state index contributed by atoms with van der Waals surface area (Å²) in [6, 6.07) is 0. The maximum absolute atomic E-state index is 11.3. The second-order valence-corrected chi connectivity index (χ2v) is 5.28. The minimum absolute atomic E-state index is 0.180. The Morgan fingerprint density at radius 1 is 1.38 bits per heavy atom. The van der Waals surface area contributed by atoms with Crippen LogP contribution in [0.1, 0.15) is 27.2 Å². The minimum Gasteiger partial charge on any atom is -0.215 e. The van der Waals surface area contributed by atoms with E-state index in [-0.39, 0.29) is 11.7 Å². The molecule has 78 valence electrons. The summed E-state index contributed by atoms with van der Waals surface area (Å²) in [5.41, 5.74) is 0. The van der Waals surface area contributed by atoms with Crippen LogP contribution in [0.5, 0.6) is 0 Å². The van der Waals surface area contributed by atoms with Gasteiger partial charge < -0.3 is 0 Å². The smallest absolute Gasteiger partial charge is 0.211 e. The summed E-state index contributed by atoms with van der Waals surface area (Å²) in [4.78, 5) is 0. The highest BCUT2D eigenvalue weighted by Gasteiger charge is 2.10. The van der Waals surface area contributed by atoms with Gasteiger partial charge in [0, 0.05) is 6.54 Å². The molecule has 0 aromatic rings. The Kier molecular flexibility index (Phi) is 5.99. The van der Waals surface area contributed by atoms with Crippen molar-refractivity contribution < 1.29 is 8.42 Å². The third-order valence-corrected chi connectivity index (χ3v) is 3.17. The van der Waals surface area contributed by atoms with Gasteiger partial charge in [0.25, 0.3) is 0 Å². The molecule has 0 rings (SSSR count). The zero-order valence-corrected chi connectivity index (χ0v) is 9.39. The number of hydrogen-bond acceptors (Lipinski definition) is 2. The summed E-state index contributed by atoms with van der Waals surface area (Å²) in [6.07, 6.45) is 4.61. The molecule has 0 spiro atoms. The average molecular weight is 205 g/mol. The fourth-order valence-corrected chi connectivity index (χ4v) is 2.39. The van der Waals surface area contributed by atoms with Gasteiger partial charge in [0.05, 0.1) is 5.75 Å². The van der Waals surface area contributed by atoms with Gasteiger partial charge in [-0.2, -0.15) is 0 Å². The number of nitrogens with one attached hydrogen (secondary N) is 1. The Balaban J connectivity index is 3.77. The molecule has 0 aromatic carbocycles. The van der Waals surface area contributed by atoms with Crippen molar-refractivity contribution in [1.29, 1.82) is 0 Å². The van der Waals surface area contributed by atoms with Gasteiger partial charge in [-0.25, -0.2) is 13.1 Å². The molecule has 3 nitrogen and oxygen atoms in total. The second kappa shape index (κ2) is 6.16. The highest BCUT2D eigenvalue weighted by atomic mass is 32.2. The molecule has 0 radical (unpaired) electrons. The second-order valence-electron chi connectivity index (χ2n) is 3.43. The van der Waals surface area contributed by atoms with E-state index in [1.807, 2.05) is 32.9 Å². The lowest BCUT2D eigenvalue weighted by atomic mass is 10.3. The largest absolute Gasteiger partial charge is 0.215 e. The molecule has 0 aliphatic rings. The lowest BCUT2D eigenvalue weighted by Crippen LogP contribution is -2.29. The zero-order valence-electron chi connectivity index (χ0n) is 8.58. The minimum atomic E-state index is -3.05. The Bertz CT molecular complexity index is 242. The van der Waals surface area contributed by atoms with Crippen LogP contribution < -0.4 is 4.72 Å². The zero-order chi connectivity index (χ0) is 10.3. The molecule has 0 aliphatic heterocycles. The van der Waals surface area contributed by atoms with E-state index in [1.54, 1.807) is 0 Å². The quantitative estimate of drug-likeness (QED) is 0.528. The van der Waals surface area contributed by atoms with E-state index >= 15 is 0 Å². The van der Waals surface area contributed by atoms with Crippen LogP contribution in [0.25, 0.3) is 0 Å². The molecule has 0 bridgehead atoms. The predicted octanol–water partition coefficient (Wildman–Crippen LogP) is 1.53. The normalized spacial score (nSPS) is 12.9. The molecular weight excluding hydrogens is 186 g/mol. The molecule has 0 unspecified atom stereocenters. The lowest BCUT2D eigenvalue weighted by molar-refractivity contribution is 0.568. The molecular formula is C9H19NO2S. The first-order chi connectivity index (χ1) is 5.98. The first kappa shape index (κ1) is 12.7. The lowest BCUT2D eigenvalue weighted by Gasteiger charge is -2.07. The van der Waals surface area contributed by atoms with Crippen LogP contribution in [-0.2, 0) is 10.0 Å². The molecule has 4 heteroatoms. The standard InChI is InChI=1S/C9H19NO2S/c1-4-5-6-7-10-13(11,12)8-9(2)3/h4-5,9-10H,6-8H2,1-3H3/b5-4+. The Morgan fingerprint density at radius 2 is 2.00 bits per heavy atom. The van der Waals surface area contributed by atoms with E-state index in [9.17, 15) is 8.42 Å². The van der Waals surface area contributed by atoms with Crippen molar-refractivity contribution in [2.45, 2.75) is 27.2 Å². The first-order valence-corrected chi connectivity index (χ1v) is 6.21. The van der Waals surface area contributed by atoms with Gasteiger partial charge in [0.15, 0.2) is 0 Å². The number of hydrogen-bond donors (Lipinski definition) is 1. The highest BCUT2D eigenvalue weighted by Crippen LogP contribution is 1.97. The van der Waals surface area contributed by atoms with Crippen molar-refractivity contribution in [3.63, 3.8) is 0 Å². The maximum Gasteiger partial charge on any atom is 0.211 e. The fourth-order valence-electron chi connectivity index (χ4n) is 0.962. The Labute approximate surface area is 81.3 Å². The third-order valence-electron chi connectivity index (χ3n) is 1.42. The van der Waals surface area contributed by atoms with Crippen LogP contribution in [0, 0.1) is 5.92 Å². The summed E-state index contributed by atoms with van der Waals surface area (Å²) in [5, 5.41) is 0. The summed E-state index contributed by atoms with van der Waals surface area (Å²) in [7, 11) is -3.05. The Hall–Kier alpha value is -0.350. The van der Waals surface area contributed by atoms with Crippen LogP contribution >= 0.6 is 0 Å². The van der Waals surface area contributed by atoms with Gasteiger partial charge in [0.2, 0.25) is 10.0 Å². The number of rotatable bonds is 6. The van der Waals surface area contributed by atoms with E-state index in [2.05, 4.69) is 4.72 Å². The van der Waals surface area contributed by atoms with Crippen molar-refractivity contribution in [2.24, 2.45) is 5.92 Å². The van der Waals surface area contributed by atoms with E-state index in [1.165, 1.54) is 0 Å². The van der Waals surface area contributed by atoms with Crippen molar-refractivity contribution >= 4 is 10.0 Å². The summed E-state index contributed by atoms with van der Waals surface area (Å²) < 4.78 is 25.1. The van der Waals surface area contributed by atoms with E-state index in [0.717, 1.165) is 6.42 Å². The molecule has 1 N–H and O–H groups in total. The topological polar surface area (TPSA) is 46.2 Å². The first-order valence-electron chi connectivity index (χ1n) is 4.56. The molecule has 0 saturated carbocycles. The molecule has 0 atom stereocenters. The molecule has 0 fully saturated rings. The number of allylic oxidation sites excluding steroid dienone is 1. The maximum atomic E-state index is 11.3. The van der Waals surface area contributed by atoms with Gasteiger partial charge in [-0.1, -0.05) is 26.0 Å².